The minimum absolute atomic E-state index is 0.00384. The Morgan fingerprint density at radius 3 is 1.83 bits per heavy atom. The third-order valence-corrected chi connectivity index (χ3v) is 6.11. The summed E-state index contributed by atoms with van der Waals surface area (Å²) in [6.07, 6.45) is -7.23. The minimum atomic E-state index is -4.46. The lowest BCUT2D eigenvalue weighted by atomic mass is 10.3. The molecule has 16 heteroatoms. The maximum Gasteiger partial charge on any atom is 0.436 e. The van der Waals surface area contributed by atoms with Gasteiger partial charge in [-0.15, -0.1) is 0 Å². The van der Waals surface area contributed by atoms with Crippen LogP contribution in [0.15, 0.2) is 21.3 Å². The summed E-state index contributed by atoms with van der Waals surface area (Å²) in [4.78, 5) is 0. The molecule has 8 nitrogen and oxygen atoms in total. The molecule has 2 aromatic heterocycles. The van der Waals surface area contributed by atoms with Crippen LogP contribution in [-0.4, -0.2) is 56.6 Å². The van der Waals surface area contributed by atoms with Crippen LogP contribution in [0.25, 0.3) is 0 Å². The zero-order chi connectivity index (χ0) is 27.1. The summed E-state index contributed by atoms with van der Waals surface area (Å²) in [5.41, 5.74) is -1.74. The van der Waals surface area contributed by atoms with E-state index in [9.17, 15) is 26.3 Å². The lowest BCUT2D eigenvalue weighted by Crippen LogP contribution is -2.26. The van der Waals surface area contributed by atoms with Gasteiger partial charge in [-0.2, -0.15) is 36.5 Å². The van der Waals surface area contributed by atoms with Crippen LogP contribution in [0.3, 0.4) is 0 Å². The molecule has 4 heterocycles. The van der Waals surface area contributed by atoms with Crippen LogP contribution in [0.1, 0.15) is 39.1 Å². The number of hydrogen-bond acceptors (Lipinski definition) is 6. The van der Waals surface area contributed by atoms with Crippen LogP contribution < -0.4 is 0 Å². The molecule has 0 unspecified atom stereocenters. The number of alkyl halides is 6. The molecule has 0 bridgehead atoms. The zero-order valence-corrected chi connectivity index (χ0v) is 22.8. The Balaban J connectivity index is 0.000000201. The molecule has 0 N–H and O–H groups in total. The fraction of sp³-hybridized carbons (Fsp3) is 0.700. The molecular weight excluding hydrogens is 634 g/mol. The lowest BCUT2D eigenvalue weighted by Gasteiger charge is -2.18. The highest BCUT2D eigenvalue weighted by Gasteiger charge is 2.40. The van der Waals surface area contributed by atoms with E-state index in [4.69, 9.17) is 18.9 Å². The summed E-state index contributed by atoms with van der Waals surface area (Å²) in [7, 11) is 0. The Bertz CT molecular complexity index is 1050. The van der Waals surface area contributed by atoms with Gasteiger partial charge in [-0.3, -0.25) is 9.36 Å². The monoisotopic (exact) mass is 656 g/mol. The Morgan fingerprint density at radius 1 is 0.889 bits per heavy atom. The van der Waals surface area contributed by atoms with Crippen molar-refractivity contribution in [3.63, 3.8) is 0 Å². The Labute approximate surface area is 219 Å². The maximum atomic E-state index is 12.8. The quantitative estimate of drug-likeness (QED) is 0.397. The van der Waals surface area contributed by atoms with Crippen molar-refractivity contribution in [3.05, 3.63) is 32.7 Å². The Hall–Kier alpha value is -1.20. The third kappa shape index (κ3) is 7.66. The van der Waals surface area contributed by atoms with Crippen molar-refractivity contribution in [2.24, 2.45) is 0 Å². The predicted octanol–water partition coefficient (Wildman–Crippen LogP) is 5.63. The number of hydrogen-bond donors (Lipinski definition) is 0. The number of ether oxygens (including phenoxy) is 4. The fourth-order valence-electron chi connectivity index (χ4n) is 3.57. The van der Waals surface area contributed by atoms with Gasteiger partial charge in [0.25, 0.3) is 0 Å². The van der Waals surface area contributed by atoms with Gasteiger partial charge in [0.15, 0.2) is 23.0 Å². The van der Waals surface area contributed by atoms with E-state index in [1.54, 1.807) is 27.7 Å². The molecule has 0 radical (unpaired) electrons. The molecule has 0 aliphatic carbocycles. The smallest absolute Gasteiger partial charge is 0.348 e. The van der Waals surface area contributed by atoms with Gasteiger partial charge in [-0.25, -0.2) is 0 Å². The molecule has 36 heavy (non-hydrogen) atoms. The second-order valence-corrected chi connectivity index (χ2v) is 10.7. The summed E-state index contributed by atoms with van der Waals surface area (Å²) < 4.78 is 99.6. The molecule has 0 aromatic carbocycles. The SMILES string of the molecule is CC1(C)OC[C@H](Cn2cc(Br)c(C(F)(F)F)n2)O1.CC1(C)OC[C@H](Cn2ncc(Br)c2C(F)(F)F)O1. The predicted molar refractivity (Wildman–Crippen MR) is 120 cm³/mol. The van der Waals surface area contributed by atoms with E-state index < -0.39 is 41.4 Å². The topological polar surface area (TPSA) is 72.6 Å². The molecule has 4 rings (SSSR count). The minimum Gasteiger partial charge on any atom is -0.348 e. The third-order valence-electron chi connectivity index (χ3n) is 4.95. The standard InChI is InChI=1S/2C10H12BrF3N2O2/c1-9(2)17-5-6(18-9)4-16-8(10(12,13)14)7(11)3-15-16;1-9(2)17-5-6(18-9)3-16-4-7(11)8(15-16)10(12,13)14/h3,6H,4-5H2,1-2H3;4,6H,3,5H2,1-2H3/t2*6-/m00/s1. The summed E-state index contributed by atoms with van der Waals surface area (Å²) in [5, 5.41) is 7.21. The average molecular weight is 658 g/mol. The van der Waals surface area contributed by atoms with Crippen molar-refractivity contribution in [2.45, 2.75) is 76.9 Å². The number of nitrogens with zero attached hydrogens (tertiary/aromatic N) is 4. The van der Waals surface area contributed by atoms with Gasteiger partial charge >= 0.3 is 12.4 Å². The summed E-state index contributed by atoms with van der Waals surface area (Å²) in [6, 6.07) is 0. The number of rotatable bonds is 4. The summed E-state index contributed by atoms with van der Waals surface area (Å²) in [5.74, 6) is -1.45. The van der Waals surface area contributed by atoms with Crippen LogP contribution in [0.2, 0.25) is 0 Å². The first-order chi connectivity index (χ1) is 16.4. The average Bonchev–Trinajstić information content (AvgIpc) is 3.43. The van der Waals surface area contributed by atoms with Crippen LogP contribution in [0.4, 0.5) is 26.3 Å². The van der Waals surface area contributed by atoms with E-state index in [1.807, 2.05) is 0 Å². The van der Waals surface area contributed by atoms with Gasteiger partial charge in [0.1, 0.15) is 12.2 Å². The molecule has 204 valence electrons. The summed E-state index contributed by atoms with van der Waals surface area (Å²) in [6.45, 7) is 7.77. The van der Waals surface area contributed by atoms with E-state index >= 15 is 0 Å². The van der Waals surface area contributed by atoms with Crippen LogP contribution >= 0.6 is 31.9 Å². The normalized spacial score (nSPS) is 23.6. The van der Waals surface area contributed by atoms with Crippen molar-refractivity contribution < 1.29 is 45.3 Å². The highest BCUT2D eigenvalue weighted by atomic mass is 79.9. The van der Waals surface area contributed by atoms with Gasteiger partial charge in [0.05, 0.1) is 41.4 Å². The molecule has 2 aliphatic rings. The van der Waals surface area contributed by atoms with E-state index in [0.29, 0.717) is 6.61 Å². The zero-order valence-electron chi connectivity index (χ0n) is 19.6. The lowest BCUT2D eigenvalue weighted by molar-refractivity contribution is -0.149. The highest BCUT2D eigenvalue weighted by Crippen LogP contribution is 2.36. The highest BCUT2D eigenvalue weighted by molar-refractivity contribution is 9.10. The first kappa shape index (κ1) is 29.4. The largest absolute Gasteiger partial charge is 0.436 e. The molecule has 2 aromatic rings. The van der Waals surface area contributed by atoms with Gasteiger partial charge in [0.2, 0.25) is 0 Å². The molecule has 0 amide bonds. The second-order valence-electron chi connectivity index (χ2n) is 8.97. The molecule has 0 saturated carbocycles. The van der Waals surface area contributed by atoms with Crippen molar-refractivity contribution in [1.82, 2.24) is 19.6 Å². The fourth-order valence-corrected chi connectivity index (χ4v) is 4.63. The van der Waals surface area contributed by atoms with E-state index in [-0.39, 0.29) is 34.7 Å². The molecule has 0 spiro atoms. The molecule has 2 aliphatic heterocycles. The first-order valence-corrected chi connectivity index (χ1v) is 12.2. The molecule has 2 fully saturated rings. The van der Waals surface area contributed by atoms with Gasteiger partial charge in [-0.1, -0.05) is 0 Å². The molecular formula is C20H24Br2F6N4O4. The van der Waals surface area contributed by atoms with E-state index in [0.717, 1.165) is 10.9 Å². The molecule has 2 atom stereocenters. The van der Waals surface area contributed by atoms with Crippen LogP contribution in [-0.2, 0) is 44.4 Å². The van der Waals surface area contributed by atoms with Crippen molar-refractivity contribution in [2.75, 3.05) is 13.2 Å². The van der Waals surface area contributed by atoms with E-state index in [1.165, 1.54) is 10.9 Å². The van der Waals surface area contributed by atoms with Gasteiger partial charge < -0.3 is 18.9 Å². The van der Waals surface area contributed by atoms with Gasteiger partial charge in [0, 0.05) is 6.20 Å². The number of aromatic nitrogens is 4. The van der Waals surface area contributed by atoms with E-state index in [2.05, 4.69) is 42.1 Å². The first-order valence-electron chi connectivity index (χ1n) is 10.6. The van der Waals surface area contributed by atoms with Gasteiger partial charge in [-0.05, 0) is 59.6 Å². The van der Waals surface area contributed by atoms with Crippen molar-refractivity contribution in [1.29, 1.82) is 0 Å². The number of halogens is 8. The maximum absolute atomic E-state index is 12.8. The molecule has 2 saturated heterocycles. The Kier molecular flexibility index (Phi) is 8.58. The van der Waals surface area contributed by atoms with Crippen molar-refractivity contribution in [3.8, 4) is 0 Å². The van der Waals surface area contributed by atoms with Crippen molar-refractivity contribution >= 4 is 31.9 Å². The summed E-state index contributed by atoms with van der Waals surface area (Å²) >= 11 is 5.70. The Morgan fingerprint density at radius 2 is 1.42 bits per heavy atom. The second kappa shape index (κ2) is 10.5. The van der Waals surface area contributed by atoms with Crippen LogP contribution in [0.5, 0.6) is 0 Å². The van der Waals surface area contributed by atoms with Crippen LogP contribution in [0, 0.1) is 0 Å².